The molecule has 5 heteroatoms. The van der Waals surface area contributed by atoms with Gasteiger partial charge >= 0.3 is 5.97 Å². The van der Waals surface area contributed by atoms with Crippen LogP contribution in [0.2, 0.25) is 0 Å². The van der Waals surface area contributed by atoms with Gasteiger partial charge in [0.25, 0.3) is 0 Å². The van der Waals surface area contributed by atoms with Crippen LogP contribution in [0.15, 0.2) is 40.6 Å². The number of carbonyl (C=O) groups is 1. The predicted molar refractivity (Wildman–Crippen MR) is 81.5 cm³/mol. The maximum Gasteiger partial charge on any atom is 0.341 e. The van der Waals surface area contributed by atoms with E-state index in [9.17, 15) is 4.79 Å². The van der Waals surface area contributed by atoms with Crippen LogP contribution in [0.1, 0.15) is 39.2 Å². The van der Waals surface area contributed by atoms with Crippen LogP contribution in [0.5, 0.6) is 0 Å². The van der Waals surface area contributed by atoms with E-state index in [1.807, 2.05) is 58.0 Å². The van der Waals surface area contributed by atoms with E-state index in [1.165, 1.54) is 0 Å². The van der Waals surface area contributed by atoms with Gasteiger partial charge in [-0.3, -0.25) is 0 Å². The van der Waals surface area contributed by atoms with Crippen molar-refractivity contribution in [1.82, 2.24) is 0 Å². The standard InChI is InChI=1S/C17H22N2O3/c1-11-17(14(20)22-15(21-11)16(2,3)4)13(10-18-19-17)12-8-6-5-7-9-12/h5-9,11,13,15H,10H2,1-4H3/t11-,13+,15-,17-/m1/s1. The van der Waals surface area contributed by atoms with Crippen molar-refractivity contribution >= 4 is 5.97 Å². The van der Waals surface area contributed by atoms with E-state index < -0.39 is 11.8 Å². The Morgan fingerprint density at radius 1 is 1.23 bits per heavy atom. The van der Waals surface area contributed by atoms with E-state index in [2.05, 4.69) is 10.2 Å². The van der Waals surface area contributed by atoms with Crippen LogP contribution in [0.4, 0.5) is 0 Å². The van der Waals surface area contributed by atoms with Crippen molar-refractivity contribution in [1.29, 1.82) is 0 Å². The highest BCUT2D eigenvalue weighted by molar-refractivity contribution is 5.84. The van der Waals surface area contributed by atoms with Gasteiger partial charge in [0.1, 0.15) is 0 Å². The van der Waals surface area contributed by atoms with Crippen LogP contribution in [-0.2, 0) is 14.3 Å². The molecule has 2 aliphatic heterocycles. The highest BCUT2D eigenvalue weighted by Gasteiger charge is 2.60. The van der Waals surface area contributed by atoms with Gasteiger partial charge in [-0.1, -0.05) is 51.1 Å². The van der Waals surface area contributed by atoms with Crippen molar-refractivity contribution in [2.24, 2.45) is 15.6 Å². The highest BCUT2D eigenvalue weighted by atomic mass is 16.7. The third-order valence-electron chi connectivity index (χ3n) is 4.43. The number of ether oxygens (including phenoxy) is 2. The number of hydrogen-bond donors (Lipinski definition) is 0. The van der Waals surface area contributed by atoms with E-state index >= 15 is 0 Å². The van der Waals surface area contributed by atoms with Gasteiger partial charge in [0.2, 0.25) is 11.8 Å². The second kappa shape index (κ2) is 5.16. The SMILES string of the molecule is C[C@H]1O[C@@H](C(C)(C)C)OC(=O)[C@@]12N=NC[C@H]2c1ccccc1. The Labute approximate surface area is 130 Å². The van der Waals surface area contributed by atoms with E-state index in [1.54, 1.807) is 0 Å². The molecule has 0 unspecified atom stereocenters. The molecule has 0 N–H and O–H groups in total. The molecule has 0 aromatic heterocycles. The maximum absolute atomic E-state index is 12.8. The molecular formula is C17H22N2O3. The second-order valence-corrected chi connectivity index (χ2v) is 7.09. The molecular weight excluding hydrogens is 280 g/mol. The van der Waals surface area contributed by atoms with Crippen LogP contribution in [-0.4, -0.2) is 30.4 Å². The summed E-state index contributed by atoms with van der Waals surface area (Å²) in [6.45, 7) is 8.33. The van der Waals surface area contributed by atoms with E-state index in [0.29, 0.717) is 6.54 Å². The van der Waals surface area contributed by atoms with Crippen LogP contribution in [0.25, 0.3) is 0 Å². The number of carbonyl (C=O) groups excluding carboxylic acids is 1. The number of cyclic esters (lactones) is 1. The minimum Gasteiger partial charge on any atom is -0.433 e. The summed E-state index contributed by atoms with van der Waals surface area (Å²) in [5, 5.41) is 8.44. The van der Waals surface area contributed by atoms with Crippen LogP contribution in [0.3, 0.4) is 0 Å². The molecule has 0 saturated carbocycles. The van der Waals surface area contributed by atoms with Crippen LogP contribution < -0.4 is 0 Å². The first-order valence-corrected chi connectivity index (χ1v) is 7.66. The summed E-state index contributed by atoms with van der Waals surface area (Å²) in [5.74, 6) is -0.474. The summed E-state index contributed by atoms with van der Waals surface area (Å²) in [7, 11) is 0. The van der Waals surface area contributed by atoms with E-state index in [0.717, 1.165) is 5.56 Å². The molecule has 22 heavy (non-hydrogen) atoms. The summed E-state index contributed by atoms with van der Waals surface area (Å²) < 4.78 is 11.6. The number of nitrogens with zero attached hydrogens (tertiary/aromatic N) is 2. The Bertz CT molecular complexity index is 594. The van der Waals surface area contributed by atoms with Gasteiger partial charge in [0.05, 0.1) is 12.6 Å². The predicted octanol–water partition coefficient (Wildman–Crippen LogP) is 3.31. The van der Waals surface area contributed by atoms with Gasteiger partial charge < -0.3 is 9.47 Å². The lowest BCUT2D eigenvalue weighted by atomic mass is 9.76. The molecule has 4 atom stereocenters. The first-order valence-electron chi connectivity index (χ1n) is 7.66. The van der Waals surface area contributed by atoms with Crippen molar-refractivity contribution in [3.63, 3.8) is 0 Å². The summed E-state index contributed by atoms with van der Waals surface area (Å²) >= 11 is 0. The first kappa shape index (κ1) is 15.2. The number of benzene rings is 1. The number of esters is 1. The molecule has 118 valence electrons. The van der Waals surface area contributed by atoms with Crippen molar-refractivity contribution in [2.45, 2.75) is 51.5 Å². The molecule has 2 heterocycles. The minimum absolute atomic E-state index is 0.142. The Balaban J connectivity index is 1.95. The van der Waals surface area contributed by atoms with Crippen LogP contribution >= 0.6 is 0 Å². The van der Waals surface area contributed by atoms with Crippen LogP contribution in [0, 0.1) is 5.41 Å². The van der Waals surface area contributed by atoms with Gasteiger partial charge in [-0.15, -0.1) is 0 Å². The molecule has 0 aliphatic carbocycles. The number of azo groups is 1. The average Bonchev–Trinajstić information content (AvgIpc) is 2.90. The van der Waals surface area contributed by atoms with Crippen molar-refractivity contribution in [3.05, 3.63) is 35.9 Å². The normalized spacial score (nSPS) is 34.9. The first-order chi connectivity index (χ1) is 10.4. The molecule has 1 aromatic carbocycles. The average molecular weight is 302 g/mol. The van der Waals surface area contributed by atoms with Crippen molar-refractivity contribution in [3.8, 4) is 0 Å². The van der Waals surface area contributed by atoms with Gasteiger partial charge in [-0.05, 0) is 12.5 Å². The molecule has 0 radical (unpaired) electrons. The topological polar surface area (TPSA) is 60.2 Å². The number of hydrogen-bond acceptors (Lipinski definition) is 5. The van der Waals surface area contributed by atoms with E-state index in [4.69, 9.17) is 9.47 Å². The van der Waals surface area contributed by atoms with Crippen molar-refractivity contribution < 1.29 is 14.3 Å². The van der Waals surface area contributed by atoms with E-state index in [-0.39, 0.29) is 23.4 Å². The summed E-state index contributed by atoms with van der Waals surface area (Å²) in [6, 6.07) is 9.86. The Morgan fingerprint density at radius 3 is 2.50 bits per heavy atom. The monoisotopic (exact) mass is 302 g/mol. The Morgan fingerprint density at radius 2 is 1.91 bits per heavy atom. The summed E-state index contributed by atoms with van der Waals surface area (Å²) in [6.07, 6.45) is -0.942. The third kappa shape index (κ3) is 2.24. The lowest BCUT2D eigenvalue weighted by molar-refractivity contribution is -0.258. The van der Waals surface area contributed by atoms with Gasteiger partial charge in [0.15, 0.2) is 0 Å². The fraction of sp³-hybridized carbons (Fsp3) is 0.588. The van der Waals surface area contributed by atoms with Gasteiger partial charge in [-0.25, -0.2) is 4.79 Å². The fourth-order valence-electron chi connectivity index (χ4n) is 3.10. The molecule has 5 nitrogen and oxygen atoms in total. The highest BCUT2D eigenvalue weighted by Crippen LogP contribution is 2.46. The molecule has 1 aromatic rings. The smallest absolute Gasteiger partial charge is 0.341 e. The minimum atomic E-state index is -1.07. The molecule has 1 fully saturated rings. The lowest BCUT2D eigenvalue weighted by Crippen LogP contribution is -2.60. The summed E-state index contributed by atoms with van der Waals surface area (Å²) in [4.78, 5) is 12.8. The zero-order chi connectivity index (χ0) is 16.0. The molecule has 0 bridgehead atoms. The number of rotatable bonds is 1. The van der Waals surface area contributed by atoms with Gasteiger partial charge in [-0.2, -0.15) is 10.2 Å². The molecule has 0 amide bonds. The van der Waals surface area contributed by atoms with Gasteiger partial charge in [0, 0.05) is 11.3 Å². The Hall–Kier alpha value is -1.75. The molecule has 2 aliphatic rings. The quantitative estimate of drug-likeness (QED) is 0.748. The largest absolute Gasteiger partial charge is 0.433 e. The molecule has 3 rings (SSSR count). The Kier molecular flexibility index (Phi) is 3.56. The second-order valence-electron chi connectivity index (χ2n) is 7.09. The molecule has 1 spiro atoms. The fourth-order valence-corrected chi connectivity index (χ4v) is 3.10. The lowest BCUT2D eigenvalue weighted by Gasteiger charge is -2.44. The summed E-state index contributed by atoms with van der Waals surface area (Å²) in [5.41, 5.74) is -0.304. The van der Waals surface area contributed by atoms with Crippen molar-refractivity contribution in [2.75, 3.05) is 6.54 Å². The zero-order valence-electron chi connectivity index (χ0n) is 13.4. The third-order valence-corrected chi connectivity index (χ3v) is 4.43. The zero-order valence-corrected chi connectivity index (χ0v) is 13.4. The molecule has 1 saturated heterocycles. The maximum atomic E-state index is 12.8.